The Balaban J connectivity index is 1.22. The van der Waals surface area contributed by atoms with Crippen molar-refractivity contribution in [3.05, 3.63) is 59.7 Å². The van der Waals surface area contributed by atoms with E-state index in [1.54, 1.807) is 23.9 Å². The molecule has 1 aromatic heterocycles. The lowest BCUT2D eigenvalue weighted by molar-refractivity contribution is -0.127. The summed E-state index contributed by atoms with van der Waals surface area (Å²) in [6.45, 7) is -0.159. The fourth-order valence-electron chi connectivity index (χ4n) is 2.80. The van der Waals surface area contributed by atoms with Crippen molar-refractivity contribution >= 4 is 40.5 Å². The molecule has 0 saturated heterocycles. The third kappa shape index (κ3) is 5.18. The summed E-state index contributed by atoms with van der Waals surface area (Å²) in [5, 5.41) is 3.38. The van der Waals surface area contributed by atoms with E-state index in [-0.39, 0.29) is 18.4 Å². The molecule has 3 aromatic rings. The highest BCUT2D eigenvalue weighted by Gasteiger charge is 2.29. The lowest BCUT2D eigenvalue weighted by atomic mass is 10.1. The predicted octanol–water partition coefficient (Wildman–Crippen LogP) is 2.14. The minimum atomic E-state index is -0.476. The van der Waals surface area contributed by atoms with Crippen LogP contribution >= 0.6 is 11.8 Å². The number of rotatable bonds is 7. The largest absolute Gasteiger partial charge is 0.347 e. The molecule has 2 aromatic carbocycles. The van der Waals surface area contributed by atoms with E-state index in [0.29, 0.717) is 11.3 Å². The van der Waals surface area contributed by atoms with Gasteiger partial charge < -0.3 is 10.3 Å². The van der Waals surface area contributed by atoms with E-state index >= 15 is 0 Å². The van der Waals surface area contributed by atoms with Gasteiger partial charge in [-0.2, -0.15) is 0 Å². The molecule has 1 heterocycles. The molecule has 8 nitrogen and oxygen atoms in total. The number of carbonyl (C=O) groups excluding carboxylic acids is 3. The molecule has 0 unspecified atom stereocenters. The summed E-state index contributed by atoms with van der Waals surface area (Å²) >= 11 is 1.58. The zero-order valence-electron chi connectivity index (χ0n) is 16.1. The van der Waals surface area contributed by atoms with Crippen LogP contribution < -0.4 is 16.2 Å². The molecule has 154 valence electrons. The summed E-state index contributed by atoms with van der Waals surface area (Å²) in [6, 6.07) is 15.0. The Labute approximate surface area is 177 Å². The van der Waals surface area contributed by atoms with Gasteiger partial charge in [0.2, 0.25) is 5.91 Å². The maximum absolute atomic E-state index is 12.2. The van der Waals surface area contributed by atoms with Gasteiger partial charge in [-0.15, -0.1) is 0 Å². The topological polar surface area (TPSA) is 116 Å². The zero-order chi connectivity index (χ0) is 20.9. The number of thioether (sulfide) groups is 1. The van der Waals surface area contributed by atoms with Crippen LogP contribution in [0.4, 0.5) is 0 Å². The smallest absolute Gasteiger partial charge is 0.269 e. The molecule has 9 heteroatoms. The minimum absolute atomic E-state index is 0.0379. The van der Waals surface area contributed by atoms with Crippen molar-refractivity contribution in [1.29, 1.82) is 0 Å². The van der Waals surface area contributed by atoms with Gasteiger partial charge in [-0.3, -0.25) is 25.2 Å². The minimum Gasteiger partial charge on any atom is -0.347 e. The number of nitrogens with one attached hydrogen (secondary N) is 4. The van der Waals surface area contributed by atoms with E-state index in [1.807, 2.05) is 36.4 Å². The molecule has 1 aliphatic carbocycles. The highest BCUT2D eigenvalue weighted by atomic mass is 32.2. The fourth-order valence-corrected chi connectivity index (χ4v) is 3.64. The third-order valence-corrected chi connectivity index (χ3v) is 5.59. The molecular formula is C21H21N5O3S. The lowest BCUT2D eigenvalue weighted by Gasteiger charge is -2.08. The van der Waals surface area contributed by atoms with Crippen molar-refractivity contribution in [2.45, 2.75) is 23.8 Å². The first-order valence-corrected chi connectivity index (χ1v) is 10.6. The lowest BCUT2D eigenvalue weighted by Crippen LogP contribution is -2.46. The Morgan fingerprint density at radius 3 is 2.53 bits per heavy atom. The van der Waals surface area contributed by atoms with Crippen molar-refractivity contribution in [2.24, 2.45) is 5.92 Å². The number of para-hydroxylation sites is 2. The van der Waals surface area contributed by atoms with Crippen LogP contribution in [0, 0.1) is 5.92 Å². The molecule has 4 rings (SSSR count). The molecule has 4 N–H and O–H groups in total. The van der Waals surface area contributed by atoms with Gasteiger partial charge in [-0.1, -0.05) is 36.0 Å². The van der Waals surface area contributed by atoms with E-state index in [9.17, 15) is 14.4 Å². The van der Waals surface area contributed by atoms with Crippen LogP contribution in [0.3, 0.4) is 0 Å². The molecule has 0 aliphatic heterocycles. The average molecular weight is 423 g/mol. The van der Waals surface area contributed by atoms with Gasteiger partial charge in [0.15, 0.2) is 5.16 Å². The maximum atomic E-state index is 12.2. The zero-order valence-corrected chi connectivity index (χ0v) is 16.9. The molecule has 1 aliphatic rings. The van der Waals surface area contributed by atoms with Crippen LogP contribution in [0.15, 0.2) is 53.7 Å². The average Bonchev–Trinajstić information content (AvgIpc) is 3.54. The van der Waals surface area contributed by atoms with E-state index in [1.165, 1.54) is 0 Å². The number of nitrogens with zero attached hydrogens (tertiary/aromatic N) is 1. The number of fused-ring (bicyclic) bond motifs is 1. The highest BCUT2D eigenvalue weighted by Crippen LogP contribution is 2.28. The molecule has 0 atom stereocenters. The van der Waals surface area contributed by atoms with Crippen LogP contribution in [0.5, 0.6) is 0 Å². The second kappa shape index (κ2) is 9.00. The highest BCUT2D eigenvalue weighted by molar-refractivity contribution is 7.98. The monoisotopic (exact) mass is 423 g/mol. The van der Waals surface area contributed by atoms with Gasteiger partial charge in [0.1, 0.15) is 0 Å². The van der Waals surface area contributed by atoms with Gasteiger partial charge >= 0.3 is 0 Å². The second-order valence-electron chi connectivity index (χ2n) is 7.04. The molecule has 30 heavy (non-hydrogen) atoms. The maximum Gasteiger partial charge on any atom is 0.269 e. The number of aromatic amines is 1. The summed E-state index contributed by atoms with van der Waals surface area (Å²) < 4.78 is 0. The van der Waals surface area contributed by atoms with Gasteiger partial charge in [-0.25, -0.2) is 4.98 Å². The number of hydrazine groups is 1. The fraction of sp³-hybridized carbons (Fsp3) is 0.238. The SMILES string of the molecule is O=C(CNC(=O)C1CC1)NNC(=O)c1ccc(CSc2nc3ccccc3[nH]2)cc1. The number of carbonyl (C=O) groups is 3. The van der Waals surface area contributed by atoms with Crippen LogP contribution in [-0.4, -0.2) is 34.2 Å². The second-order valence-corrected chi connectivity index (χ2v) is 8.00. The molecule has 1 fully saturated rings. The van der Waals surface area contributed by atoms with Crippen LogP contribution in [-0.2, 0) is 15.3 Å². The van der Waals surface area contributed by atoms with Gasteiger partial charge in [0, 0.05) is 17.2 Å². The molecule has 1 saturated carbocycles. The third-order valence-electron chi connectivity index (χ3n) is 4.65. The van der Waals surface area contributed by atoms with Crippen molar-refractivity contribution < 1.29 is 14.4 Å². The summed E-state index contributed by atoms with van der Waals surface area (Å²) in [4.78, 5) is 43.2. The van der Waals surface area contributed by atoms with E-state index < -0.39 is 11.8 Å². The number of hydrogen-bond acceptors (Lipinski definition) is 5. The first kappa shape index (κ1) is 20.0. The van der Waals surface area contributed by atoms with Crippen LogP contribution in [0.25, 0.3) is 11.0 Å². The van der Waals surface area contributed by atoms with Gasteiger partial charge in [0.25, 0.3) is 11.8 Å². The standard InChI is InChI=1S/C21H21N5O3S/c27-18(11-22-19(28)14-9-10-14)25-26-20(29)15-7-5-13(6-8-15)12-30-21-23-16-3-1-2-4-17(16)24-21/h1-8,14H,9-12H2,(H,22,28)(H,23,24)(H,25,27)(H,26,29). The number of aromatic nitrogens is 2. The molecule has 0 bridgehead atoms. The van der Waals surface area contributed by atoms with E-state index in [2.05, 4.69) is 26.1 Å². The number of benzene rings is 2. The molecular weight excluding hydrogens is 402 g/mol. The van der Waals surface area contributed by atoms with Gasteiger partial charge in [0.05, 0.1) is 17.6 Å². The number of hydrogen-bond donors (Lipinski definition) is 4. The Morgan fingerprint density at radius 1 is 1.03 bits per heavy atom. The van der Waals surface area contributed by atoms with E-state index in [0.717, 1.165) is 34.6 Å². The molecule has 3 amide bonds. The number of H-pyrrole nitrogens is 1. The number of amides is 3. The normalized spacial score (nSPS) is 13.1. The quantitative estimate of drug-likeness (QED) is 0.343. The summed E-state index contributed by atoms with van der Waals surface area (Å²) in [7, 11) is 0. The Morgan fingerprint density at radius 2 is 1.80 bits per heavy atom. The van der Waals surface area contributed by atoms with Crippen molar-refractivity contribution in [1.82, 2.24) is 26.1 Å². The summed E-state index contributed by atoms with van der Waals surface area (Å²) in [5.74, 6) is -0.271. The van der Waals surface area contributed by atoms with Crippen molar-refractivity contribution in [3.8, 4) is 0 Å². The predicted molar refractivity (Wildman–Crippen MR) is 113 cm³/mol. The van der Waals surface area contributed by atoms with Crippen molar-refractivity contribution in [2.75, 3.05) is 6.54 Å². The first-order valence-electron chi connectivity index (χ1n) is 9.62. The summed E-state index contributed by atoms with van der Waals surface area (Å²) in [5.41, 5.74) is 8.05. The molecule has 0 spiro atoms. The number of imidazole rings is 1. The summed E-state index contributed by atoms with van der Waals surface area (Å²) in [6.07, 6.45) is 1.74. The Hall–Kier alpha value is -3.33. The van der Waals surface area contributed by atoms with Crippen LogP contribution in [0.1, 0.15) is 28.8 Å². The van der Waals surface area contributed by atoms with Gasteiger partial charge in [-0.05, 0) is 42.7 Å². The molecule has 0 radical (unpaired) electrons. The Bertz CT molecular complexity index is 1040. The first-order chi connectivity index (χ1) is 14.6. The Kier molecular flexibility index (Phi) is 5.99. The van der Waals surface area contributed by atoms with Crippen LogP contribution in [0.2, 0.25) is 0 Å². The van der Waals surface area contributed by atoms with E-state index in [4.69, 9.17) is 0 Å². The van der Waals surface area contributed by atoms with Crippen molar-refractivity contribution in [3.63, 3.8) is 0 Å².